The van der Waals surface area contributed by atoms with Crippen LogP contribution < -0.4 is 5.32 Å². The van der Waals surface area contributed by atoms with E-state index in [1.54, 1.807) is 0 Å². The quantitative estimate of drug-likeness (QED) is 0.589. The number of unbranched alkanes of at least 4 members (excludes halogenated alkanes) is 1. The molecule has 1 rings (SSSR count). The van der Waals surface area contributed by atoms with Gasteiger partial charge in [0, 0.05) is 26.3 Å². The second-order valence-corrected chi connectivity index (χ2v) is 6.08. The van der Waals surface area contributed by atoms with Gasteiger partial charge in [0.15, 0.2) is 0 Å². The lowest BCUT2D eigenvalue weighted by Gasteiger charge is -2.20. The van der Waals surface area contributed by atoms with Crippen molar-refractivity contribution in [2.75, 3.05) is 45.9 Å². The van der Waals surface area contributed by atoms with E-state index in [0.717, 1.165) is 32.2 Å². The van der Waals surface area contributed by atoms with Crippen molar-refractivity contribution in [3.05, 3.63) is 0 Å². The molecule has 0 amide bonds. The average molecular weight is 284 g/mol. The molecule has 1 atom stereocenters. The molecule has 0 aromatic rings. The molecule has 3 heteroatoms. The molecule has 20 heavy (non-hydrogen) atoms. The number of hydrogen-bond acceptors (Lipinski definition) is 3. The van der Waals surface area contributed by atoms with Crippen LogP contribution >= 0.6 is 0 Å². The highest BCUT2D eigenvalue weighted by molar-refractivity contribution is 4.70. The number of hydrogen-bond donors (Lipinski definition) is 1. The van der Waals surface area contributed by atoms with Crippen LogP contribution in [0.15, 0.2) is 0 Å². The van der Waals surface area contributed by atoms with Crippen molar-refractivity contribution in [1.29, 1.82) is 0 Å². The largest absolute Gasteiger partial charge is 0.382 e. The lowest BCUT2D eigenvalue weighted by atomic mass is 9.96. The van der Waals surface area contributed by atoms with Gasteiger partial charge in [-0.1, -0.05) is 19.8 Å². The Hall–Kier alpha value is -0.120. The maximum Gasteiger partial charge on any atom is 0.0466 e. The summed E-state index contributed by atoms with van der Waals surface area (Å²) in [4.78, 5) is 2.66. The van der Waals surface area contributed by atoms with E-state index < -0.39 is 0 Å². The standard InChI is InChI=1S/C17H36N2O/c1-3-8-17-9-7-13-19(14-10-17)15-12-18-11-5-6-16-20-4-2/h17-18H,3-16H2,1-2H3. The molecule has 0 saturated carbocycles. The van der Waals surface area contributed by atoms with Crippen molar-refractivity contribution in [2.45, 2.75) is 58.8 Å². The molecule has 0 aromatic heterocycles. The molecule has 1 fully saturated rings. The lowest BCUT2D eigenvalue weighted by molar-refractivity contribution is 0.143. The minimum Gasteiger partial charge on any atom is -0.382 e. The monoisotopic (exact) mass is 284 g/mol. The molecule has 0 bridgehead atoms. The van der Waals surface area contributed by atoms with Gasteiger partial charge >= 0.3 is 0 Å². The van der Waals surface area contributed by atoms with Crippen molar-refractivity contribution >= 4 is 0 Å². The molecule has 3 nitrogen and oxygen atoms in total. The third kappa shape index (κ3) is 8.93. The highest BCUT2D eigenvalue weighted by atomic mass is 16.5. The Bertz CT molecular complexity index is 211. The molecule has 0 aromatic carbocycles. The van der Waals surface area contributed by atoms with Crippen LogP contribution in [0.4, 0.5) is 0 Å². The highest BCUT2D eigenvalue weighted by Crippen LogP contribution is 2.21. The van der Waals surface area contributed by atoms with E-state index in [-0.39, 0.29) is 0 Å². The van der Waals surface area contributed by atoms with Gasteiger partial charge in [-0.15, -0.1) is 0 Å². The first kappa shape index (κ1) is 17.9. The second kappa shape index (κ2) is 12.6. The first-order chi connectivity index (χ1) is 9.86. The maximum atomic E-state index is 5.34. The first-order valence-corrected chi connectivity index (χ1v) is 8.87. The van der Waals surface area contributed by atoms with Crippen LogP contribution in [0.25, 0.3) is 0 Å². The molecule has 1 aliphatic rings. The molecular weight excluding hydrogens is 248 g/mol. The number of nitrogens with one attached hydrogen (secondary N) is 1. The van der Waals surface area contributed by atoms with Gasteiger partial charge in [0.25, 0.3) is 0 Å². The Balaban J connectivity index is 1.94. The van der Waals surface area contributed by atoms with Crippen LogP contribution in [0.3, 0.4) is 0 Å². The SMILES string of the molecule is CCCC1CCCN(CCNCCCCOCC)CC1. The molecular formula is C17H36N2O. The first-order valence-electron chi connectivity index (χ1n) is 8.87. The Morgan fingerprint density at radius 1 is 1.10 bits per heavy atom. The summed E-state index contributed by atoms with van der Waals surface area (Å²) in [7, 11) is 0. The Morgan fingerprint density at radius 2 is 2.00 bits per heavy atom. The molecule has 0 spiro atoms. The van der Waals surface area contributed by atoms with Crippen molar-refractivity contribution < 1.29 is 4.74 Å². The van der Waals surface area contributed by atoms with Gasteiger partial charge in [0.05, 0.1) is 0 Å². The fourth-order valence-electron chi connectivity index (χ4n) is 3.11. The molecule has 1 N–H and O–H groups in total. The van der Waals surface area contributed by atoms with E-state index in [4.69, 9.17) is 4.74 Å². The summed E-state index contributed by atoms with van der Waals surface area (Å²) < 4.78 is 5.34. The summed E-state index contributed by atoms with van der Waals surface area (Å²) in [5.41, 5.74) is 0. The summed E-state index contributed by atoms with van der Waals surface area (Å²) in [5.74, 6) is 0.997. The zero-order chi connectivity index (χ0) is 14.5. The van der Waals surface area contributed by atoms with Crippen LogP contribution in [0, 0.1) is 5.92 Å². The third-order valence-corrected chi connectivity index (χ3v) is 4.34. The Labute approximate surface area is 126 Å². The molecule has 1 aliphatic heterocycles. The predicted molar refractivity (Wildman–Crippen MR) is 87.3 cm³/mol. The maximum absolute atomic E-state index is 5.34. The predicted octanol–water partition coefficient (Wildman–Crippen LogP) is 3.29. The molecule has 1 saturated heterocycles. The summed E-state index contributed by atoms with van der Waals surface area (Å²) in [6.45, 7) is 12.3. The summed E-state index contributed by atoms with van der Waals surface area (Å²) >= 11 is 0. The normalized spacial score (nSPS) is 21.0. The third-order valence-electron chi connectivity index (χ3n) is 4.34. The van der Waals surface area contributed by atoms with Gasteiger partial charge in [0.2, 0.25) is 0 Å². The topological polar surface area (TPSA) is 24.5 Å². The van der Waals surface area contributed by atoms with E-state index >= 15 is 0 Å². The Kier molecular flexibility index (Phi) is 11.3. The van der Waals surface area contributed by atoms with Crippen LogP contribution in [-0.4, -0.2) is 50.8 Å². The number of likely N-dealkylation sites (tertiary alicyclic amines) is 1. The smallest absolute Gasteiger partial charge is 0.0466 e. The second-order valence-electron chi connectivity index (χ2n) is 6.08. The number of rotatable bonds is 11. The van der Waals surface area contributed by atoms with Gasteiger partial charge in [-0.2, -0.15) is 0 Å². The summed E-state index contributed by atoms with van der Waals surface area (Å²) in [6.07, 6.45) is 9.48. The van der Waals surface area contributed by atoms with Gasteiger partial charge < -0.3 is 15.0 Å². The van der Waals surface area contributed by atoms with Gasteiger partial charge in [-0.3, -0.25) is 0 Å². The zero-order valence-electron chi connectivity index (χ0n) is 13.8. The van der Waals surface area contributed by atoms with E-state index in [2.05, 4.69) is 24.1 Å². The van der Waals surface area contributed by atoms with E-state index in [1.807, 2.05) is 0 Å². The molecule has 1 unspecified atom stereocenters. The van der Waals surface area contributed by atoms with Gasteiger partial charge in [0.1, 0.15) is 0 Å². The fourth-order valence-corrected chi connectivity index (χ4v) is 3.11. The van der Waals surface area contributed by atoms with E-state index in [1.165, 1.54) is 64.6 Å². The molecule has 0 aliphatic carbocycles. The molecule has 120 valence electrons. The summed E-state index contributed by atoms with van der Waals surface area (Å²) in [5, 5.41) is 3.57. The minimum absolute atomic E-state index is 0.849. The van der Waals surface area contributed by atoms with Crippen LogP contribution in [0.1, 0.15) is 58.8 Å². The van der Waals surface area contributed by atoms with Crippen molar-refractivity contribution in [3.63, 3.8) is 0 Å². The van der Waals surface area contributed by atoms with Crippen LogP contribution in [0.2, 0.25) is 0 Å². The number of ether oxygens (including phenoxy) is 1. The van der Waals surface area contributed by atoms with Gasteiger partial charge in [-0.05, 0) is 64.6 Å². The van der Waals surface area contributed by atoms with Crippen molar-refractivity contribution in [1.82, 2.24) is 10.2 Å². The van der Waals surface area contributed by atoms with E-state index in [0.29, 0.717) is 0 Å². The zero-order valence-corrected chi connectivity index (χ0v) is 13.8. The van der Waals surface area contributed by atoms with Crippen LogP contribution in [0.5, 0.6) is 0 Å². The fraction of sp³-hybridized carbons (Fsp3) is 1.00. The highest BCUT2D eigenvalue weighted by Gasteiger charge is 2.15. The average Bonchev–Trinajstić information content (AvgIpc) is 2.68. The van der Waals surface area contributed by atoms with E-state index in [9.17, 15) is 0 Å². The van der Waals surface area contributed by atoms with Gasteiger partial charge in [-0.25, -0.2) is 0 Å². The minimum atomic E-state index is 0.849. The Morgan fingerprint density at radius 3 is 2.80 bits per heavy atom. The summed E-state index contributed by atoms with van der Waals surface area (Å²) in [6, 6.07) is 0. The number of nitrogens with zero attached hydrogens (tertiary/aromatic N) is 1. The van der Waals surface area contributed by atoms with Crippen molar-refractivity contribution in [3.8, 4) is 0 Å². The lowest BCUT2D eigenvalue weighted by Crippen LogP contribution is -2.33. The van der Waals surface area contributed by atoms with Crippen molar-refractivity contribution in [2.24, 2.45) is 5.92 Å². The molecule has 1 heterocycles. The molecule has 0 radical (unpaired) electrons. The van der Waals surface area contributed by atoms with Crippen LogP contribution in [-0.2, 0) is 4.74 Å².